The van der Waals surface area contributed by atoms with Gasteiger partial charge in [0.25, 0.3) is 5.91 Å². The van der Waals surface area contributed by atoms with Crippen molar-refractivity contribution in [2.75, 3.05) is 5.32 Å². The van der Waals surface area contributed by atoms with Crippen LogP contribution in [0.15, 0.2) is 40.9 Å². The fraction of sp³-hybridized carbons (Fsp3) is 0.0667. The lowest BCUT2D eigenvalue weighted by molar-refractivity contribution is 0.0695. The molecule has 2 N–H and O–H groups in total. The predicted molar refractivity (Wildman–Crippen MR) is 80.2 cm³/mol. The number of hydrogen-bond donors (Lipinski definition) is 2. The average molecular weight is 352 g/mol. The van der Waals surface area contributed by atoms with E-state index in [0.717, 1.165) is 0 Å². The molecule has 0 bridgehead atoms. The van der Waals surface area contributed by atoms with Gasteiger partial charge in [-0.2, -0.15) is 0 Å². The minimum atomic E-state index is -1.10. The van der Waals surface area contributed by atoms with Gasteiger partial charge in [-0.15, -0.1) is 0 Å². The molecular weight excluding hydrogens is 341 g/mol. The van der Waals surface area contributed by atoms with Gasteiger partial charge in [0.1, 0.15) is 5.82 Å². The number of carboxylic acids is 1. The maximum atomic E-state index is 13.0. The second kappa shape index (κ2) is 6.05. The molecule has 0 heterocycles. The number of carbonyl (C=O) groups excluding carboxylic acids is 1. The van der Waals surface area contributed by atoms with Gasteiger partial charge in [0.05, 0.1) is 5.56 Å². The number of aryl methyl sites for hydroxylation is 1. The molecule has 6 heteroatoms. The molecule has 0 aliphatic heterocycles. The number of carboxylic acid groups (broad SMARTS) is 1. The number of aromatic carboxylic acids is 1. The van der Waals surface area contributed by atoms with Crippen molar-refractivity contribution >= 4 is 33.5 Å². The summed E-state index contributed by atoms with van der Waals surface area (Å²) in [5.41, 5.74) is 1.23. The molecule has 2 aromatic carbocycles. The summed E-state index contributed by atoms with van der Waals surface area (Å²) in [5.74, 6) is -1.94. The van der Waals surface area contributed by atoms with E-state index in [-0.39, 0.29) is 5.56 Å². The number of halogens is 2. The van der Waals surface area contributed by atoms with Gasteiger partial charge in [-0.05, 0) is 64.8 Å². The Morgan fingerprint density at radius 2 is 1.86 bits per heavy atom. The van der Waals surface area contributed by atoms with Crippen molar-refractivity contribution in [1.82, 2.24) is 0 Å². The van der Waals surface area contributed by atoms with Crippen molar-refractivity contribution in [1.29, 1.82) is 0 Å². The molecule has 2 rings (SSSR count). The maximum Gasteiger partial charge on any atom is 0.336 e. The number of anilines is 1. The number of amides is 1. The lowest BCUT2D eigenvalue weighted by Gasteiger charge is -2.09. The van der Waals surface area contributed by atoms with E-state index in [9.17, 15) is 14.0 Å². The molecule has 0 atom stereocenters. The van der Waals surface area contributed by atoms with Gasteiger partial charge in [0, 0.05) is 15.7 Å². The Balaban J connectivity index is 2.27. The van der Waals surface area contributed by atoms with Crippen molar-refractivity contribution in [3.63, 3.8) is 0 Å². The summed E-state index contributed by atoms with van der Waals surface area (Å²) in [6.45, 7) is 1.63. The van der Waals surface area contributed by atoms with Crippen molar-refractivity contribution in [2.24, 2.45) is 0 Å². The SMILES string of the molecule is Cc1cc(F)ccc1C(=O)Nc1ccc(Br)c(C(=O)O)c1. The van der Waals surface area contributed by atoms with Crippen LogP contribution in [0.1, 0.15) is 26.3 Å². The number of rotatable bonds is 3. The molecule has 0 aliphatic rings. The van der Waals surface area contributed by atoms with Crippen molar-refractivity contribution < 1.29 is 19.1 Å². The number of benzene rings is 2. The zero-order valence-electron chi connectivity index (χ0n) is 11.0. The van der Waals surface area contributed by atoms with E-state index in [1.807, 2.05) is 0 Å². The largest absolute Gasteiger partial charge is 0.478 e. The molecule has 0 saturated heterocycles. The third-order valence-corrected chi connectivity index (χ3v) is 3.58. The molecule has 2 aromatic rings. The first-order valence-corrected chi connectivity index (χ1v) is 6.78. The summed E-state index contributed by atoms with van der Waals surface area (Å²) in [6.07, 6.45) is 0. The van der Waals surface area contributed by atoms with Crippen molar-refractivity contribution in [3.05, 3.63) is 63.4 Å². The molecule has 0 saturated carbocycles. The Kier molecular flexibility index (Phi) is 4.37. The van der Waals surface area contributed by atoms with E-state index >= 15 is 0 Å². The highest BCUT2D eigenvalue weighted by atomic mass is 79.9. The van der Waals surface area contributed by atoms with Crippen LogP contribution in [0.25, 0.3) is 0 Å². The summed E-state index contributed by atoms with van der Waals surface area (Å²) < 4.78 is 13.4. The Hall–Kier alpha value is -2.21. The van der Waals surface area contributed by atoms with Crippen LogP contribution in [0.5, 0.6) is 0 Å². The zero-order valence-corrected chi connectivity index (χ0v) is 12.6. The first-order chi connectivity index (χ1) is 9.88. The first kappa shape index (κ1) is 15.2. The van der Waals surface area contributed by atoms with Gasteiger partial charge in [-0.1, -0.05) is 0 Å². The molecule has 0 fully saturated rings. The van der Waals surface area contributed by atoms with Crippen molar-refractivity contribution in [3.8, 4) is 0 Å². The van der Waals surface area contributed by atoms with Crippen LogP contribution in [0.3, 0.4) is 0 Å². The summed E-state index contributed by atoms with van der Waals surface area (Å²) in [4.78, 5) is 23.2. The van der Waals surface area contributed by atoms with Crippen LogP contribution in [-0.2, 0) is 0 Å². The van der Waals surface area contributed by atoms with Crippen LogP contribution in [0.4, 0.5) is 10.1 Å². The fourth-order valence-electron chi connectivity index (χ4n) is 1.85. The van der Waals surface area contributed by atoms with Crippen LogP contribution in [0.2, 0.25) is 0 Å². The van der Waals surface area contributed by atoms with Crippen LogP contribution in [0, 0.1) is 12.7 Å². The summed E-state index contributed by atoms with van der Waals surface area (Å²) in [6, 6.07) is 8.31. The van der Waals surface area contributed by atoms with Gasteiger partial charge in [-0.3, -0.25) is 4.79 Å². The normalized spacial score (nSPS) is 10.2. The fourth-order valence-corrected chi connectivity index (χ4v) is 2.26. The van der Waals surface area contributed by atoms with Gasteiger partial charge in [0.2, 0.25) is 0 Å². The molecule has 21 heavy (non-hydrogen) atoms. The lowest BCUT2D eigenvalue weighted by Crippen LogP contribution is -2.14. The maximum absolute atomic E-state index is 13.0. The third kappa shape index (κ3) is 3.46. The quantitative estimate of drug-likeness (QED) is 0.882. The van der Waals surface area contributed by atoms with Gasteiger partial charge >= 0.3 is 5.97 Å². The molecule has 0 aromatic heterocycles. The molecule has 0 radical (unpaired) electrons. The molecular formula is C15H11BrFNO3. The molecule has 108 valence electrons. The van der Waals surface area contributed by atoms with E-state index in [4.69, 9.17) is 5.11 Å². The highest BCUT2D eigenvalue weighted by molar-refractivity contribution is 9.10. The molecule has 4 nitrogen and oxygen atoms in total. The minimum absolute atomic E-state index is 0.0450. The lowest BCUT2D eigenvalue weighted by atomic mass is 10.1. The second-order valence-electron chi connectivity index (χ2n) is 4.41. The number of hydrogen-bond acceptors (Lipinski definition) is 2. The molecule has 1 amide bonds. The van der Waals surface area contributed by atoms with Crippen LogP contribution in [-0.4, -0.2) is 17.0 Å². The molecule has 0 aliphatic carbocycles. The predicted octanol–water partition coefficient (Wildman–Crippen LogP) is 3.85. The van der Waals surface area contributed by atoms with E-state index < -0.39 is 17.7 Å². The number of carbonyl (C=O) groups is 2. The first-order valence-electron chi connectivity index (χ1n) is 5.99. The summed E-state index contributed by atoms with van der Waals surface area (Å²) >= 11 is 3.13. The third-order valence-electron chi connectivity index (χ3n) is 2.89. The highest BCUT2D eigenvalue weighted by Crippen LogP contribution is 2.22. The monoisotopic (exact) mass is 351 g/mol. The average Bonchev–Trinajstić information content (AvgIpc) is 2.40. The van der Waals surface area contributed by atoms with E-state index in [1.54, 1.807) is 13.0 Å². The summed E-state index contributed by atoms with van der Waals surface area (Å²) in [5, 5.41) is 11.6. The summed E-state index contributed by atoms with van der Waals surface area (Å²) in [7, 11) is 0. The molecule has 0 spiro atoms. The van der Waals surface area contributed by atoms with Gasteiger partial charge in [-0.25, -0.2) is 9.18 Å². The van der Waals surface area contributed by atoms with E-state index in [0.29, 0.717) is 21.3 Å². The Morgan fingerprint density at radius 1 is 1.14 bits per heavy atom. The van der Waals surface area contributed by atoms with E-state index in [1.165, 1.54) is 30.3 Å². The second-order valence-corrected chi connectivity index (χ2v) is 5.27. The standard InChI is InChI=1S/C15H11BrFNO3/c1-8-6-9(17)2-4-11(8)14(19)18-10-3-5-13(16)12(7-10)15(20)21/h2-7H,1H3,(H,18,19)(H,20,21). The smallest absolute Gasteiger partial charge is 0.336 e. The minimum Gasteiger partial charge on any atom is -0.478 e. The Morgan fingerprint density at radius 3 is 2.48 bits per heavy atom. The zero-order chi connectivity index (χ0) is 15.6. The van der Waals surface area contributed by atoms with Crippen LogP contribution < -0.4 is 5.32 Å². The van der Waals surface area contributed by atoms with Gasteiger partial charge in [0.15, 0.2) is 0 Å². The number of nitrogens with one attached hydrogen (secondary N) is 1. The highest BCUT2D eigenvalue weighted by Gasteiger charge is 2.13. The van der Waals surface area contributed by atoms with Gasteiger partial charge < -0.3 is 10.4 Å². The Labute approximate surface area is 128 Å². The topological polar surface area (TPSA) is 66.4 Å². The molecule has 0 unspecified atom stereocenters. The van der Waals surface area contributed by atoms with Crippen LogP contribution >= 0.6 is 15.9 Å². The Bertz CT molecular complexity index is 731. The van der Waals surface area contributed by atoms with Crippen molar-refractivity contribution in [2.45, 2.75) is 6.92 Å². The van der Waals surface area contributed by atoms with E-state index in [2.05, 4.69) is 21.2 Å².